The molecular formula is C27H27NO3S. The second-order valence-electron chi connectivity index (χ2n) is 8.79. The quantitative estimate of drug-likeness (QED) is 0.439. The Morgan fingerprint density at radius 2 is 2.00 bits per heavy atom. The van der Waals surface area contributed by atoms with Crippen molar-refractivity contribution in [3.63, 3.8) is 0 Å². The maximum absolute atomic E-state index is 13.2. The monoisotopic (exact) mass is 445 g/mol. The van der Waals surface area contributed by atoms with Gasteiger partial charge in [0.2, 0.25) is 5.78 Å². The number of fused-ring (bicyclic) bond motifs is 3. The lowest BCUT2D eigenvalue weighted by Crippen LogP contribution is -2.33. The summed E-state index contributed by atoms with van der Waals surface area (Å²) in [4.78, 5) is 16.8. The Morgan fingerprint density at radius 1 is 1.19 bits per heavy atom. The normalized spacial score (nSPS) is 16.8. The summed E-state index contributed by atoms with van der Waals surface area (Å²) in [5, 5.41) is 2.11. The van der Waals surface area contributed by atoms with E-state index in [1.807, 2.05) is 31.2 Å². The first-order chi connectivity index (χ1) is 15.5. The van der Waals surface area contributed by atoms with E-state index in [2.05, 4.69) is 48.4 Å². The van der Waals surface area contributed by atoms with Crippen molar-refractivity contribution in [3.8, 4) is 11.5 Å². The minimum absolute atomic E-state index is 0.0519. The second-order valence-corrected chi connectivity index (χ2v) is 9.82. The zero-order valence-electron chi connectivity index (χ0n) is 18.7. The molecule has 3 aromatic rings. The molecule has 1 aromatic heterocycles. The fourth-order valence-electron chi connectivity index (χ4n) is 4.27. The van der Waals surface area contributed by atoms with Crippen molar-refractivity contribution < 1.29 is 14.3 Å². The molecule has 0 saturated heterocycles. The fourth-order valence-corrected chi connectivity index (χ4v) is 4.97. The molecule has 0 unspecified atom stereocenters. The van der Waals surface area contributed by atoms with Crippen LogP contribution in [0.15, 0.2) is 53.6 Å². The van der Waals surface area contributed by atoms with E-state index in [0.29, 0.717) is 36.3 Å². The minimum Gasteiger partial charge on any atom is -0.478 e. The molecule has 2 aliphatic rings. The molecule has 0 radical (unpaired) electrons. The predicted molar refractivity (Wildman–Crippen MR) is 129 cm³/mol. The van der Waals surface area contributed by atoms with Crippen molar-refractivity contribution in [1.82, 2.24) is 4.90 Å². The Labute approximate surface area is 193 Å². The van der Waals surface area contributed by atoms with E-state index in [-0.39, 0.29) is 5.78 Å². The number of hydrogen-bond acceptors (Lipinski definition) is 5. The maximum atomic E-state index is 13.2. The average molecular weight is 446 g/mol. The van der Waals surface area contributed by atoms with Crippen molar-refractivity contribution in [2.75, 3.05) is 13.3 Å². The van der Waals surface area contributed by atoms with Gasteiger partial charge in [-0.05, 0) is 59.5 Å². The molecule has 32 heavy (non-hydrogen) atoms. The van der Waals surface area contributed by atoms with Gasteiger partial charge >= 0.3 is 0 Å². The van der Waals surface area contributed by atoms with Crippen LogP contribution in [0.2, 0.25) is 0 Å². The number of Topliss-reactive ketones (excluding diaryl/α,β-unsaturated/α-hetero) is 1. The van der Waals surface area contributed by atoms with Crippen LogP contribution in [0.25, 0.3) is 6.08 Å². The summed E-state index contributed by atoms with van der Waals surface area (Å²) in [5.41, 5.74) is 4.77. The van der Waals surface area contributed by atoms with E-state index in [0.717, 1.165) is 35.4 Å². The van der Waals surface area contributed by atoms with Crippen LogP contribution < -0.4 is 9.47 Å². The van der Waals surface area contributed by atoms with Gasteiger partial charge < -0.3 is 9.47 Å². The predicted octanol–water partition coefficient (Wildman–Crippen LogP) is 6.19. The summed E-state index contributed by atoms with van der Waals surface area (Å²) in [7, 11) is 0. The zero-order valence-corrected chi connectivity index (χ0v) is 19.5. The molecule has 2 aromatic carbocycles. The Balaban J connectivity index is 1.40. The molecule has 0 atom stereocenters. The van der Waals surface area contributed by atoms with Crippen LogP contribution in [0.1, 0.15) is 57.3 Å². The van der Waals surface area contributed by atoms with Crippen LogP contribution in [0, 0.1) is 6.92 Å². The number of carbonyl (C=O) groups excluding carboxylic acids is 1. The van der Waals surface area contributed by atoms with Crippen LogP contribution in [0.4, 0.5) is 0 Å². The molecular weight excluding hydrogens is 418 g/mol. The van der Waals surface area contributed by atoms with Gasteiger partial charge in [-0.15, -0.1) is 11.3 Å². The number of benzene rings is 2. The van der Waals surface area contributed by atoms with Crippen molar-refractivity contribution >= 4 is 23.2 Å². The standard InChI is InChI=1S/C27H27NO3S/c1-17(2)20-8-6-19(7-9-20)14-24-26(29)25-18(3)13-23-22(27(25)31-24)15-28(16-30-23)11-10-21-5-4-12-32-21/h4-9,12-14,17H,10-11,15-16H2,1-3H3/b24-14-. The average Bonchev–Trinajstić information content (AvgIpc) is 3.42. The van der Waals surface area contributed by atoms with Crippen LogP contribution in [0.3, 0.4) is 0 Å². The number of carbonyl (C=O) groups is 1. The molecule has 0 N–H and O–H groups in total. The minimum atomic E-state index is -0.0519. The molecule has 164 valence electrons. The lowest BCUT2D eigenvalue weighted by atomic mass is 9.98. The van der Waals surface area contributed by atoms with Crippen LogP contribution in [-0.4, -0.2) is 24.0 Å². The highest BCUT2D eigenvalue weighted by molar-refractivity contribution is 7.09. The first-order valence-electron chi connectivity index (χ1n) is 11.1. The summed E-state index contributed by atoms with van der Waals surface area (Å²) in [5.74, 6) is 2.29. The Bertz CT molecular complexity index is 1180. The number of allylic oxidation sites excluding steroid dienone is 1. The SMILES string of the molecule is Cc1cc2c(c3c1C(=O)/C(=C/c1ccc(C(C)C)cc1)O3)CN(CCc1cccs1)CO2. The van der Waals surface area contributed by atoms with E-state index >= 15 is 0 Å². The van der Waals surface area contributed by atoms with Gasteiger partial charge in [0.05, 0.1) is 11.1 Å². The van der Waals surface area contributed by atoms with Gasteiger partial charge in [-0.2, -0.15) is 0 Å². The number of rotatable bonds is 5. The zero-order chi connectivity index (χ0) is 22.2. The van der Waals surface area contributed by atoms with Crippen molar-refractivity contribution in [3.05, 3.63) is 86.3 Å². The van der Waals surface area contributed by atoms with Gasteiger partial charge in [0.1, 0.15) is 18.2 Å². The highest BCUT2D eigenvalue weighted by atomic mass is 32.1. The number of ether oxygens (including phenoxy) is 2. The summed E-state index contributed by atoms with van der Waals surface area (Å²) in [6, 6.07) is 14.5. The molecule has 0 aliphatic carbocycles. The number of ketones is 1. The highest BCUT2D eigenvalue weighted by Crippen LogP contribution is 2.44. The Hall–Kier alpha value is -2.89. The van der Waals surface area contributed by atoms with E-state index in [9.17, 15) is 4.79 Å². The third kappa shape index (κ3) is 3.98. The summed E-state index contributed by atoms with van der Waals surface area (Å²) in [6.07, 6.45) is 2.83. The van der Waals surface area contributed by atoms with Gasteiger partial charge in [0.25, 0.3) is 0 Å². The largest absolute Gasteiger partial charge is 0.478 e. The maximum Gasteiger partial charge on any atom is 0.232 e. The van der Waals surface area contributed by atoms with Crippen molar-refractivity contribution in [1.29, 1.82) is 0 Å². The molecule has 0 spiro atoms. The van der Waals surface area contributed by atoms with Crippen LogP contribution >= 0.6 is 11.3 Å². The second kappa shape index (κ2) is 8.57. The molecule has 0 saturated carbocycles. The smallest absolute Gasteiger partial charge is 0.232 e. The molecule has 0 amide bonds. The third-order valence-electron chi connectivity index (χ3n) is 6.14. The first kappa shape index (κ1) is 21.0. The summed E-state index contributed by atoms with van der Waals surface area (Å²) in [6.45, 7) is 8.47. The Morgan fingerprint density at radius 3 is 2.72 bits per heavy atom. The molecule has 5 heteroatoms. The van der Waals surface area contributed by atoms with Crippen molar-refractivity contribution in [2.45, 2.75) is 39.7 Å². The number of aryl methyl sites for hydroxylation is 1. The van der Waals surface area contributed by atoms with Crippen molar-refractivity contribution in [2.24, 2.45) is 0 Å². The molecule has 3 heterocycles. The number of thiophene rings is 1. The molecule has 4 nitrogen and oxygen atoms in total. The lowest BCUT2D eigenvalue weighted by Gasteiger charge is -2.30. The topological polar surface area (TPSA) is 38.8 Å². The van der Waals surface area contributed by atoms with Gasteiger partial charge in [0.15, 0.2) is 5.76 Å². The highest BCUT2D eigenvalue weighted by Gasteiger charge is 2.35. The fraction of sp³-hybridized carbons (Fsp3) is 0.296. The van der Waals surface area contributed by atoms with Gasteiger partial charge in [-0.25, -0.2) is 0 Å². The first-order valence-corrected chi connectivity index (χ1v) is 12.0. The van der Waals surface area contributed by atoms with Gasteiger partial charge in [-0.1, -0.05) is 44.2 Å². The Kier molecular flexibility index (Phi) is 5.62. The summed E-state index contributed by atoms with van der Waals surface area (Å²) >= 11 is 1.78. The molecule has 0 fully saturated rings. The van der Waals surface area contributed by atoms with E-state index in [1.165, 1.54) is 10.4 Å². The van der Waals surface area contributed by atoms with Gasteiger partial charge in [0, 0.05) is 18.0 Å². The van der Waals surface area contributed by atoms with Gasteiger partial charge in [-0.3, -0.25) is 9.69 Å². The number of nitrogens with zero attached hydrogens (tertiary/aromatic N) is 1. The van der Waals surface area contributed by atoms with E-state index in [1.54, 1.807) is 11.3 Å². The molecule has 5 rings (SSSR count). The van der Waals surface area contributed by atoms with E-state index < -0.39 is 0 Å². The molecule has 2 aliphatic heterocycles. The van der Waals surface area contributed by atoms with E-state index in [4.69, 9.17) is 9.47 Å². The third-order valence-corrected chi connectivity index (χ3v) is 7.08. The van der Waals surface area contributed by atoms with Crippen LogP contribution in [0.5, 0.6) is 11.5 Å². The number of hydrogen-bond donors (Lipinski definition) is 0. The molecule has 0 bridgehead atoms. The van der Waals surface area contributed by atoms with Crippen LogP contribution in [-0.2, 0) is 13.0 Å². The lowest BCUT2D eigenvalue weighted by molar-refractivity contribution is 0.0951. The summed E-state index contributed by atoms with van der Waals surface area (Å²) < 4.78 is 12.2.